The van der Waals surface area contributed by atoms with Crippen LogP contribution >= 0.6 is 35.1 Å². The van der Waals surface area contributed by atoms with Gasteiger partial charge < -0.3 is 14.8 Å². The van der Waals surface area contributed by atoms with E-state index < -0.39 is 0 Å². The number of thiophene rings is 1. The molecule has 0 bridgehead atoms. The summed E-state index contributed by atoms with van der Waals surface area (Å²) in [4.78, 5) is 21.6. The molecule has 0 saturated heterocycles. The van der Waals surface area contributed by atoms with Crippen molar-refractivity contribution in [2.24, 2.45) is 0 Å². The van der Waals surface area contributed by atoms with Crippen LogP contribution in [0.5, 0.6) is 11.5 Å². The van der Waals surface area contributed by atoms with Gasteiger partial charge in [-0.25, -0.2) is 4.98 Å². The standard InChI is InChI=1S/C27H27N3O3S2.ClH/c1-4-30-14-13-18-23(16-30)35-27(25(18)26-28-19-7-5-6-8-22(19)34-26)29-24(31)12-10-17-9-11-20(32-2)21(15-17)33-3;/h5-12,15H,4,13-14,16H2,1-3H3,(H,29,31);1H/b12-10+;. The SMILES string of the molecule is CCN1CCc2c(sc(NC(=O)/C=C/c3ccc(OC)c(OC)c3)c2-c2nc3ccccc3s2)C1.Cl. The number of rotatable bonds is 7. The topological polar surface area (TPSA) is 63.7 Å². The van der Waals surface area contributed by atoms with Crippen molar-refractivity contribution in [3.8, 4) is 22.1 Å². The molecule has 6 nitrogen and oxygen atoms in total. The molecule has 2 aromatic carbocycles. The van der Waals surface area contributed by atoms with Gasteiger partial charge in [0.05, 0.1) is 24.4 Å². The van der Waals surface area contributed by atoms with Crippen LogP contribution in [0.15, 0.2) is 48.5 Å². The maximum atomic E-state index is 13.0. The maximum Gasteiger partial charge on any atom is 0.249 e. The second-order valence-corrected chi connectivity index (χ2v) is 10.4. The molecule has 5 rings (SSSR count). The predicted octanol–water partition coefficient (Wildman–Crippen LogP) is 6.49. The zero-order valence-corrected chi connectivity index (χ0v) is 22.8. The second kappa shape index (κ2) is 11.4. The fourth-order valence-corrected chi connectivity index (χ4v) is 6.71. The van der Waals surface area contributed by atoms with Crippen LogP contribution in [0.25, 0.3) is 26.9 Å². The number of thiazole rings is 1. The highest BCUT2D eigenvalue weighted by molar-refractivity contribution is 7.23. The molecular formula is C27H28ClN3O3S2. The molecule has 1 aliphatic rings. The molecule has 188 valence electrons. The Kier molecular flexibility index (Phi) is 8.31. The van der Waals surface area contributed by atoms with Crippen molar-refractivity contribution in [2.75, 3.05) is 32.6 Å². The van der Waals surface area contributed by atoms with Gasteiger partial charge in [0.15, 0.2) is 11.5 Å². The van der Waals surface area contributed by atoms with Crippen LogP contribution in [-0.2, 0) is 17.8 Å². The molecule has 2 aromatic heterocycles. The van der Waals surface area contributed by atoms with E-state index in [9.17, 15) is 4.79 Å². The van der Waals surface area contributed by atoms with Gasteiger partial charge in [-0.05, 0) is 54.4 Å². The summed E-state index contributed by atoms with van der Waals surface area (Å²) in [6.07, 6.45) is 4.30. The average molecular weight is 542 g/mol. The number of carbonyl (C=O) groups excluding carboxylic acids is 1. The Labute approximate surface area is 225 Å². The van der Waals surface area contributed by atoms with Gasteiger partial charge >= 0.3 is 0 Å². The summed E-state index contributed by atoms with van der Waals surface area (Å²) in [6.45, 7) is 5.13. The zero-order chi connectivity index (χ0) is 24.4. The highest BCUT2D eigenvalue weighted by Crippen LogP contribution is 2.45. The van der Waals surface area contributed by atoms with Crippen molar-refractivity contribution in [3.63, 3.8) is 0 Å². The van der Waals surface area contributed by atoms with Crippen LogP contribution in [0.4, 0.5) is 5.00 Å². The fourth-order valence-electron chi connectivity index (χ4n) is 4.30. The predicted molar refractivity (Wildman–Crippen MR) is 152 cm³/mol. The lowest BCUT2D eigenvalue weighted by Crippen LogP contribution is -2.29. The third-order valence-corrected chi connectivity index (χ3v) is 8.35. The number of methoxy groups -OCH3 is 2. The molecule has 0 fully saturated rings. The summed E-state index contributed by atoms with van der Waals surface area (Å²) in [5, 5.41) is 4.98. The van der Waals surface area contributed by atoms with Gasteiger partial charge in [0.1, 0.15) is 10.0 Å². The number of hydrogen-bond donors (Lipinski definition) is 1. The number of nitrogens with one attached hydrogen (secondary N) is 1. The quantitative estimate of drug-likeness (QED) is 0.271. The first kappa shape index (κ1) is 26.2. The minimum atomic E-state index is -0.173. The smallest absolute Gasteiger partial charge is 0.249 e. The lowest BCUT2D eigenvalue weighted by Gasteiger charge is -2.25. The van der Waals surface area contributed by atoms with Crippen molar-refractivity contribution < 1.29 is 14.3 Å². The van der Waals surface area contributed by atoms with Gasteiger partial charge in [-0.1, -0.05) is 25.1 Å². The summed E-state index contributed by atoms with van der Waals surface area (Å²) in [6, 6.07) is 13.7. The Bertz CT molecular complexity index is 1380. The number of ether oxygens (including phenoxy) is 2. The van der Waals surface area contributed by atoms with Gasteiger partial charge in [-0.15, -0.1) is 35.1 Å². The molecule has 1 aliphatic heterocycles. The number of nitrogens with zero attached hydrogens (tertiary/aromatic N) is 2. The minimum Gasteiger partial charge on any atom is -0.493 e. The van der Waals surface area contributed by atoms with Crippen LogP contribution in [0.1, 0.15) is 22.9 Å². The summed E-state index contributed by atoms with van der Waals surface area (Å²) in [5.41, 5.74) is 4.24. The fraction of sp³-hybridized carbons (Fsp3) is 0.259. The summed E-state index contributed by atoms with van der Waals surface area (Å²) >= 11 is 3.35. The lowest BCUT2D eigenvalue weighted by atomic mass is 10.0. The van der Waals surface area contributed by atoms with Crippen molar-refractivity contribution in [1.82, 2.24) is 9.88 Å². The van der Waals surface area contributed by atoms with E-state index in [-0.39, 0.29) is 18.3 Å². The first-order valence-corrected chi connectivity index (χ1v) is 13.2. The van der Waals surface area contributed by atoms with Crippen LogP contribution in [0.2, 0.25) is 0 Å². The van der Waals surface area contributed by atoms with Gasteiger partial charge in [0.25, 0.3) is 0 Å². The van der Waals surface area contributed by atoms with Crippen LogP contribution in [0.3, 0.4) is 0 Å². The first-order valence-electron chi connectivity index (χ1n) is 11.5. The van der Waals surface area contributed by atoms with Crippen molar-refractivity contribution in [2.45, 2.75) is 19.9 Å². The number of halogens is 1. The molecule has 0 spiro atoms. The molecule has 3 heterocycles. The first-order chi connectivity index (χ1) is 17.1. The normalized spacial score (nSPS) is 13.4. The lowest BCUT2D eigenvalue weighted by molar-refractivity contribution is -0.111. The number of hydrogen-bond acceptors (Lipinski definition) is 7. The largest absolute Gasteiger partial charge is 0.493 e. The van der Waals surface area contributed by atoms with E-state index in [2.05, 4.69) is 23.2 Å². The van der Waals surface area contributed by atoms with Gasteiger partial charge in [0, 0.05) is 29.6 Å². The Balaban J connectivity index is 0.00000304. The molecule has 4 aromatic rings. The summed E-state index contributed by atoms with van der Waals surface area (Å²) in [7, 11) is 3.20. The number of benzene rings is 2. The number of carbonyl (C=O) groups is 1. The van der Waals surface area contributed by atoms with E-state index in [0.717, 1.165) is 57.4 Å². The van der Waals surface area contributed by atoms with Gasteiger partial charge in [0.2, 0.25) is 5.91 Å². The third kappa shape index (κ3) is 5.27. The summed E-state index contributed by atoms with van der Waals surface area (Å²) < 4.78 is 11.8. The van der Waals surface area contributed by atoms with Crippen LogP contribution < -0.4 is 14.8 Å². The Hall–Kier alpha value is -2.91. The van der Waals surface area contributed by atoms with Crippen molar-refractivity contribution in [3.05, 3.63) is 64.5 Å². The molecule has 0 radical (unpaired) electrons. The van der Waals surface area contributed by atoms with E-state index in [0.29, 0.717) is 11.5 Å². The number of amides is 1. The van der Waals surface area contributed by atoms with E-state index >= 15 is 0 Å². The molecule has 0 unspecified atom stereocenters. The summed E-state index contributed by atoms with van der Waals surface area (Å²) in [5.74, 6) is 1.10. The highest BCUT2D eigenvalue weighted by Gasteiger charge is 2.27. The van der Waals surface area contributed by atoms with Crippen LogP contribution in [-0.4, -0.2) is 43.1 Å². The molecule has 9 heteroatoms. The van der Waals surface area contributed by atoms with Crippen molar-refractivity contribution in [1.29, 1.82) is 0 Å². The minimum absolute atomic E-state index is 0. The molecule has 0 atom stereocenters. The van der Waals surface area contributed by atoms with Crippen LogP contribution in [0, 0.1) is 0 Å². The Morgan fingerprint density at radius 2 is 1.94 bits per heavy atom. The molecular weight excluding hydrogens is 514 g/mol. The highest BCUT2D eigenvalue weighted by atomic mass is 35.5. The molecule has 1 N–H and O–H groups in total. The number of anilines is 1. The number of fused-ring (bicyclic) bond motifs is 2. The number of aromatic nitrogens is 1. The monoisotopic (exact) mass is 541 g/mol. The maximum absolute atomic E-state index is 13.0. The third-order valence-electron chi connectivity index (χ3n) is 6.16. The molecule has 0 saturated carbocycles. The average Bonchev–Trinajstić information content (AvgIpc) is 3.47. The molecule has 36 heavy (non-hydrogen) atoms. The zero-order valence-electron chi connectivity index (χ0n) is 20.4. The van der Waals surface area contributed by atoms with E-state index in [1.807, 2.05) is 36.4 Å². The molecule has 1 amide bonds. The van der Waals surface area contributed by atoms with Gasteiger partial charge in [-0.3, -0.25) is 9.69 Å². The van der Waals surface area contributed by atoms with Gasteiger partial charge in [-0.2, -0.15) is 0 Å². The van der Waals surface area contributed by atoms with Crippen molar-refractivity contribution >= 4 is 62.3 Å². The van der Waals surface area contributed by atoms with E-state index in [1.165, 1.54) is 10.4 Å². The second-order valence-electron chi connectivity index (χ2n) is 8.25. The Morgan fingerprint density at radius 1 is 1.14 bits per heavy atom. The van der Waals surface area contributed by atoms with E-state index in [4.69, 9.17) is 14.5 Å². The van der Waals surface area contributed by atoms with E-state index in [1.54, 1.807) is 49.0 Å². The number of likely N-dealkylation sites (N-methyl/N-ethyl adjacent to an activating group) is 1. The number of para-hydroxylation sites is 1. The molecule has 0 aliphatic carbocycles. The Morgan fingerprint density at radius 3 is 2.69 bits per heavy atom.